The molecule has 0 N–H and O–H groups in total. The Labute approximate surface area is 128 Å². The number of hydrogen-bond donors (Lipinski definition) is 0. The molecule has 1 fully saturated rings. The molecule has 6 heteroatoms. The molecule has 1 aromatic carbocycles. The molecular weight excluding hydrogens is 286 g/mol. The Morgan fingerprint density at radius 2 is 1.82 bits per heavy atom. The van der Waals surface area contributed by atoms with Crippen molar-refractivity contribution in [2.75, 3.05) is 13.2 Å². The molecule has 0 aliphatic carbocycles. The zero-order valence-corrected chi connectivity index (χ0v) is 12.9. The third-order valence-corrected chi connectivity index (χ3v) is 3.94. The van der Waals surface area contributed by atoms with Crippen LogP contribution in [-0.4, -0.2) is 36.0 Å². The van der Waals surface area contributed by atoms with Gasteiger partial charge in [0.2, 0.25) is 6.23 Å². The van der Waals surface area contributed by atoms with Gasteiger partial charge in [-0.2, -0.15) is 0 Å². The van der Waals surface area contributed by atoms with Crippen molar-refractivity contribution in [1.29, 1.82) is 0 Å². The molecule has 0 unspecified atom stereocenters. The summed E-state index contributed by atoms with van der Waals surface area (Å²) in [7, 11) is 0. The number of ether oxygens (including phenoxy) is 3. The molecule has 2 heterocycles. The number of esters is 1. The van der Waals surface area contributed by atoms with E-state index in [0.717, 1.165) is 11.1 Å². The lowest BCUT2D eigenvalue weighted by Gasteiger charge is -2.35. The second-order valence-electron chi connectivity index (χ2n) is 5.39. The van der Waals surface area contributed by atoms with E-state index in [1.165, 1.54) is 4.90 Å². The van der Waals surface area contributed by atoms with Gasteiger partial charge < -0.3 is 14.2 Å². The minimum Gasteiger partial charge on any atom is -0.490 e. The van der Waals surface area contributed by atoms with Gasteiger partial charge in [0.25, 0.3) is 0 Å². The average molecular weight is 305 g/mol. The molecule has 1 aromatic rings. The van der Waals surface area contributed by atoms with E-state index in [4.69, 9.17) is 14.2 Å². The molecule has 2 aliphatic rings. The van der Waals surface area contributed by atoms with Gasteiger partial charge in [-0.15, -0.1) is 0 Å². The van der Waals surface area contributed by atoms with Gasteiger partial charge in [-0.05, 0) is 44.9 Å². The van der Waals surface area contributed by atoms with Crippen LogP contribution in [0.4, 0.5) is 0 Å². The van der Waals surface area contributed by atoms with E-state index in [9.17, 15) is 9.59 Å². The highest BCUT2D eigenvalue weighted by Crippen LogP contribution is 2.42. The maximum atomic E-state index is 11.9. The number of benzene rings is 1. The molecule has 2 aliphatic heterocycles. The molecule has 3 rings (SSSR count). The summed E-state index contributed by atoms with van der Waals surface area (Å²) in [5, 5.41) is 0. The van der Waals surface area contributed by atoms with Crippen LogP contribution in [-0.2, 0) is 20.7 Å². The van der Waals surface area contributed by atoms with Crippen LogP contribution in [0.3, 0.4) is 0 Å². The number of rotatable bonds is 4. The number of amides is 1. The molecule has 0 aromatic heterocycles. The standard InChI is InChI=1S/C16H19NO5/c1-4-20-12-7-10-6-9(3)17-14(18)16(19)22-15(17)11(10)8-13(12)21-5-2/h7-9,15H,4-6H2,1-3H3/t9-,15-/m0/s1. The van der Waals surface area contributed by atoms with Crippen LogP contribution in [0, 0.1) is 0 Å². The van der Waals surface area contributed by atoms with E-state index in [1.54, 1.807) is 0 Å². The highest BCUT2D eigenvalue weighted by molar-refractivity contribution is 6.34. The lowest BCUT2D eigenvalue weighted by molar-refractivity contribution is -0.149. The van der Waals surface area contributed by atoms with E-state index in [2.05, 4.69) is 0 Å². The van der Waals surface area contributed by atoms with E-state index in [0.29, 0.717) is 31.1 Å². The quantitative estimate of drug-likeness (QED) is 0.627. The van der Waals surface area contributed by atoms with Crippen LogP contribution < -0.4 is 9.47 Å². The van der Waals surface area contributed by atoms with Gasteiger partial charge in [-0.3, -0.25) is 9.69 Å². The van der Waals surface area contributed by atoms with Crippen molar-refractivity contribution in [3.63, 3.8) is 0 Å². The molecule has 2 atom stereocenters. The Bertz CT molecular complexity index is 627. The van der Waals surface area contributed by atoms with Crippen molar-refractivity contribution in [2.24, 2.45) is 0 Å². The predicted octanol–water partition coefficient (Wildman–Crippen LogP) is 1.81. The monoisotopic (exact) mass is 305 g/mol. The first-order chi connectivity index (χ1) is 10.6. The van der Waals surface area contributed by atoms with Crippen molar-refractivity contribution in [2.45, 2.75) is 39.5 Å². The molecule has 118 valence electrons. The number of carbonyl (C=O) groups is 2. The van der Waals surface area contributed by atoms with Crippen LogP contribution in [0.25, 0.3) is 0 Å². The van der Waals surface area contributed by atoms with Crippen LogP contribution in [0.5, 0.6) is 11.5 Å². The molecular formula is C16H19NO5. The fraction of sp³-hybridized carbons (Fsp3) is 0.500. The van der Waals surface area contributed by atoms with Crippen molar-refractivity contribution < 1.29 is 23.8 Å². The summed E-state index contributed by atoms with van der Waals surface area (Å²) in [6.45, 7) is 6.76. The third-order valence-electron chi connectivity index (χ3n) is 3.94. The van der Waals surface area contributed by atoms with Gasteiger partial charge in [0.05, 0.1) is 13.2 Å². The molecule has 0 saturated carbocycles. The van der Waals surface area contributed by atoms with Gasteiger partial charge >= 0.3 is 11.9 Å². The van der Waals surface area contributed by atoms with E-state index >= 15 is 0 Å². The molecule has 0 spiro atoms. The highest BCUT2D eigenvalue weighted by Gasteiger charge is 2.47. The fourth-order valence-corrected chi connectivity index (χ4v) is 3.04. The minimum atomic E-state index is -0.795. The molecule has 22 heavy (non-hydrogen) atoms. The Morgan fingerprint density at radius 3 is 2.45 bits per heavy atom. The topological polar surface area (TPSA) is 65.1 Å². The largest absolute Gasteiger partial charge is 0.490 e. The Balaban J connectivity index is 2.07. The maximum absolute atomic E-state index is 11.9. The minimum absolute atomic E-state index is 0.0936. The van der Waals surface area contributed by atoms with E-state index in [-0.39, 0.29) is 6.04 Å². The lowest BCUT2D eigenvalue weighted by atomic mass is 9.93. The predicted molar refractivity (Wildman–Crippen MR) is 77.6 cm³/mol. The molecule has 6 nitrogen and oxygen atoms in total. The zero-order valence-electron chi connectivity index (χ0n) is 12.9. The molecule has 1 amide bonds. The second kappa shape index (κ2) is 5.51. The number of nitrogens with zero attached hydrogens (tertiary/aromatic N) is 1. The zero-order chi connectivity index (χ0) is 15.9. The number of carbonyl (C=O) groups excluding carboxylic acids is 2. The van der Waals surface area contributed by atoms with Gasteiger partial charge in [0.1, 0.15) is 0 Å². The Kier molecular flexibility index (Phi) is 3.68. The molecule has 1 saturated heterocycles. The van der Waals surface area contributed by atoms with E-state index in [1.807, 2.05) is 32.9 Å². The van der Waals surface area contributed by atoms with E-state index < -0.39 is 18.1 Å². The normalized spacial score (nSPS) is 23.0. The first-order valence-corrected chi connectivity index (χ1v) is 7.52. The van der Waals surface area contributed by atoms with Crippen LogP contribution in [0.15, 0.2) is 12.1 Å². The fourth-order valence-electron chi connectivity index (χ4n) is 3.04. The number of fused-ring (bicyclic) bond motifs is 3. The SMILES string of the molecule is CCOc1cc2c(cc1OCC)[C@@H]1OC(=O)C(=O)N1[C@@H](C)C2. The average Bonchev–Trinajstić information content (AvgIpc) is 2.78. The summed E-state index contributed by atoms with van der Waals surface area (Å²) < 4.78 is 16.5. The summed E-state index contributed by atoms with van der Waals surface area (Å²) in [6, 6.07) is 3.65. The maximum Gasteiger partial charge on any atom is 0.399 e. The summed E-state index contributed by atoms with van der Waals surface area (Å²) in [5.74, 6) is -0.0843. The third kappa shape index (κ3) is 2.19. The first-order valence-electron chi connectivity index (χ1n) is 7.52. The summed E-state index contributed by atoms with van der Waals surface area (Å²) >= 11 is 0. The van der Waals surface area contributed by atoms with Crippen molar-refractivity contribution in [3.8, 4) is 11.5 Å². The highest BCUT2D eigenvalue weighted by atomic mass is 16.6. The smallest absolute Gasteiger partial charge is 0.399 e. The van der Waals surface area contributed by atoms with Crippen molar-refractivity contribution in [1.82, 2.24) is 4.90 Å². The summed E-state index contributed by atoms with van der Waals surface area (Å²) in [4.78, 5) is 25.0. The molecule has 0 radical (unpaired) electrons. The van der Waals surface area contributed by atoms with Gasteiger partial charge in [-0.25, -0.2) is 4.79 Å². The number of hydrogen-bond acceptors (Lipinski definition) is 5. The summed E-state index contributed by atoms with van der Waals surface area (Å²) in [6.07, 6.45) is -0.00521. The second-order valence-corrected chi connectivity index (χ2v) is 5.39. The summed E-state index contributed by atoms with van der Waals surface area (Å²) in [5.41, 5.74) is 1.81. The Morgan fingerprint density at radius 1 is 1.18 bits per heavy atom. The van der Waals surface area contributed by atoms with Crippen molar-refractivity contribution >= 4 is 11.9 Å². The van der Waals surface area contributed by atoms with Crippen molar-refractivity contribution in [3.05, 3.63) is 23.3 Å². The van der Waals surface area contributed by atoms with Crippen LogP contribution >= 0.6 is 0 Å². The molecule has 0 bridgehead atoms. The lowest BCUT2D eigenvalue weighted by Crippen LogP contribution is -2.42. The van der Waals surface area contributed by atoms with Gasteiger partial charge in [-0.1, -0.05) is 0 Å². The van der Waals surface area contributed by atoms with Gasteiger partial charge in [0.15, 0.2) is 11.5 Å². The van der Waals surface area contributed by atoms with Crippen LogP contribution in [0.1, 0.15) is 38.1 Å². The van der Waals surface area contributed by atoms with Gasteiger partial charge in [0, 0.05) is 11.6 Å². The first kappa shape index (κ1) is 14.7. The Hall–Kier alpha value is -2.24. The van der Waals surface area contributed by atoms with Crippen LogP contribution in [0.2, 0.25) is 0 Å².